The van der Waals surface area contributed by atoms with Crippen LogP contribution in [-0.4, -0.2) is 40.1 Å². The highest BCUT2D eigenvalue weighted by atomic mass is 16.4. The summed E-state index contributed by atoms with van der Waals surface area (Å²) in [6.07, 6.45) is 1.13. The summed E-state index contributed by atoms with van der Waals surface area (Å²) >= 11 is 0. The third kappa shape index (κ3) is 2.22. The molecule has 0 aliphatic carbocycles. The van der Waals surface area contributed by atoms with Gasteiger partial charge >= 0.3 is 11.9 Å². The number of nitrogens with zero attached hydrogens (tertiary/aromatic N) is 1. The van der Waals surface area contributed by atoms with Gasteiger partial charge in [0.15, 0.2) is 0 Å². The fourth-order valence-electron chi connectivity index (χ4n) is 2.21. The summed E-state index contributed by atoms with van der Waals surface area (Å²) in [5.41, 5.74) is 1.19. The number of carbonyl (C=O) groups is 2. The first kappa shape index (κ1) is 12.6. The van der Waals surface area contributed by atoms with Crippen LogP contribution in [0.15, 0.2) is 12.1 Å². The highest BCUT2D eigenvalue weighted by molar-refractivity contribution is 5.97. The van der Waals surface area contributed by atoms with Crippen LogP contribution in [0.4, 0.5) is 0 Å². The number of carboxylic acid groups (broad SMARTS) is 2. The largest absolute Gasteiger partial charge is 0.478 e. The van der Waals surface area contributed by atoms with E-state index in [9.17, 15) is 14.7 Å². The molecule has 1 aromatic rings. The first-order chi connectivity index (χ1) is 8.50. The quantitative estimate of drug-likeness (QED) is 0.847. The first-order valence-electron chi connectivity index (χ1n) is 5.82. The Hall–Kier alpha value is -1.88. The van der Waals surface area contributed by atoms with Gasteiger partial charge in [-0.3, -0.25) is 4.90 Å². The molecule has 0 bridgehead atoms. The number of likely N-dealkylation sites (tertiary alicyclic amines) is 1. The second-order valence-electron chi connectivity index (χ2n) is 4.51. The Morgan fingerprint density at radius 3 is 2.33 bits per heavy atom. The summed E-state index contributed by atoms with van der Waals surface area (Å²) in [5.74, 6) is -2.16. The summed E-state index contributed by atoms with van der Waals surface area (Å²) in [6, 6.07) is 3.09. The molecule has 1 aliphatic heterocycles. The Labute approximate surface area is 105 Å². The minimum Gasteiger partial charge on any atom is -0.478 e. The van der Waals surface area contributed by atoms with Crippen molar-refractivity contribution in [3.63, 3.8) is 0 Å². The van der Waals surface area contributed by atoms with Gasteiger partial charge in [-0.2, -0.15) is 0 Å². The zero-order valence-corrected chi connectivity index (χ0v) is 10.1. The van der Waals surface area contributed by atoms with E-state index in [4.69, 9.17) is 5.11 Å². The smallest absolute Gasteiger partial charge is 0.336 e. The van der Waals surface area contributed by atoms with Gasteiger partial charge in [-0.15, -0.1) is 0 Å². The van der Waals surface area contributed by atoms with Crippen molar-refractivity contribution in [1.29, 1.82) is 0 Å². The van der Waals surface area contributed by atoms with E-state index in [-0.39, 0.29) is 11.1 Å². The average molecular weight is 249 g/mol. The van der Waals surface area contributed by atoms with Crippen molar-refractivity contribution in [3.8, 4) is 0 Å². The number of rotatable bonds is 4. The minimum atomic E-state index is -1.09. The predicted molar refractivity (Wildman–Crippen MR) is 65.0 cm³/mol. The van der Waals surface area contributed by atoms with Gasteiger partial charge < -0.3 is 10.2 Å². The molecule has 1 fully saturated rings. The van der Waals surface area contributed by atoms with Gasteiger partial charge in [0.25, 0.3) is 0 Å². The van der Waals surface area contributed by atoms with Crippen LogP contribution in [0.5, 0.6) is 0 Å². The van der Waals surface area contributed by atoms with Gasteiger partial charge in [0.2, 0.25) is 0 Å². The average Bonchev–Trinajstić information content (AvgIpc) is 2.22. The molecule has 1 heterocycles. The van der Waals surface area contributed by atoms with Crippen molar-refractivity contribution in [3.05, 3.63) is 34.4 Å². The lowest BCUT2D eigenvalue weighted by molar-refractivity contribution is 0.0692. The summed E-state index contributed by atoms with van der Waals surface area (Å²) in [5, 5.41) is 18.2. The summed E-state index contributed by atoms with van der Waals surface area (Å²) in [6.45, 7) is 4.06. The van der Waals surface area contributed by atoms with E-state index in [1.54, 1.807) is 13.0 Å². The van der Waals surface area contributed by atoms with Crippen LogP contribution >= 0.6 is 0 Å². The van der Waals surface area contributed by atoms with E-state index in [0.717, 1.165) is 19.5 Å². The lowest BCUT2D eigenvalue weighted by Crippen LogP contribution is -2.36. The van der Waals surface area contributed by atoms with Gasteiger partial charge in [-0.05, 0) is 43.6 Å². The molecule has 0 radical (unpaired) electrons. The van der Waals surface area contributed by atoms with E-state index in [0.29, 0.717) is 17.7 Å². The first-order valence-corrected chi connectivity index (χ1v) is 5.82. The summed E-state index contributed by atoms with van der Waals surface area (Å²) in [7, 11) is 0. The van der Waals surface area contributed by atoms with Crippen LogP contribution < -0.4 is 0 Å². The summed E-state index contributed by atoms with van der Waals surface area (Å²) in [4.78, 5) is 24.4. The van der Waals surface area contributed by atoms with Crippen LogP contribution in [0.3, 0.4) is 0 Å². The van der Waals surface area contributed by atoms with Crippen LogP contribution in [0, 0.1) is 6.92 Å². The molecular formula is C13H15NO4. The molecule has 5 nitrogen and oxygen atoms in total. The molecule has 1 aromatic carbocycles. The molecule has 0 atom stereocenters. The normalized spacial score (nSPS) is 15.2. The predicted octanol–water partition coefficient (Wildman–Crippen LogP) is 1.60. The lowest BCUT2D eigenvalue weighted by atomic mass is 9.96. The SMILES string of the molecule is Cc1c(C(=O)O)ccc(CN2CCC2)c1C(=O)O. The van der Waals surface area contributed by atoms with Gasteiger partial charge in [0, 0.05) is 6.54 Å². The third-order valence-electron chi connectivity index (χ3n) is 3.34. The molecule has 0 spiro atoms. The Kier molecular flexibility index (Phi) is 3.34. The van der Waals surface area contributed by atoms with Crippen LogP contribution in [-0.2, 0) is 6.54 Å². The number of aromatic carboxylic acids is 2. The number of hydrogen-bond donors (Lipinski definition) is 2. The van der Waals surface area contributed by atoms with E-state index in [1.807, 2.05) is 0 Å². The fourth-order valence-corrected chi connectivity index (χ4v) is 2.21. The highest BCUT2D eigenvalue weighted by Gasteiger charge is 2.22. The Bertz CT molecular complexity index is 506. The summed E-state index contributed by atoms with van der Waals surface area (Å²) < 4.78 is 0. The maximum Gasteiger partial charge on any atom is 0.336 e. The second kappa shape index (κ2) is 4.78. The zero-order chi connectivity index (χ0) is 13.3. The van der Waals surface area contributed by atoms with Crippen molar-refractivity contribution >= 4 is 11.9 Å². The molecule has 0 saturated carbocycles. The molecule has 1 aliphatic rings. The van der Waals surface area contributed by atoms with E-state index >= 15 is 0 Å². The monoisotopic (exact) mass is 249 g/mol. The number of hydrogen-bond acceptors (Lipinski definition) is 3. The zero-order valence-electron chi connectivity index (χ0n) is 10.1. The maximum absolute atomic E-state index is 11.3. The molecule has 5 heteroatoms. The molecule has 96 valence electrons. The van der Waals surface area contributed by atoms with E-state index in [2.05, 4.69) is 4.90 Å². The highest BCUT2D eigenvalue weighted by Crippen LogP contribution is 2.22. The van der Waals surface area contributed by atoms with Crippen molar-refractivity contribution in [1.82, 2.24) is 4.90 Å². The van der Waals surface area contributed by atoms with Gasteiger partial charge in [-0.1, -0.05) is 6.07 Å². The van der Waals surface area contributed by atoms with Gasteiger partial charge in [-0.25, -0.2) is 9.59 Å². The van der Waals surface area contributed by atoms with Crippen LogP contribution in [0.25, 0.3) is 0 Å². The number of benzene rings is 1. The van der Waals surface area contributed by atoms with E-state index in [1.165, 1.54) is 6.07 Å². The molecular weight excluding hydrogens is 234 g/mol. The molecule has 2 N–H and O–H groups in total. The molecule has 0 unspecified atom stereocenters. The molecule has 18 heavy (non-hydrogen) atoms. The second-order valence-corrected chi connectivity index (χ2v) is 4.51. The van der Waals surface area contributed by atoms with Crippen molar-refractivity contribution < 1.29 is 19.8 Å². The molecule has 1 saturated heterocycles. The Morgan fingerprint density at radius 1 is 1.22 bits per heavy atom. The molecule has 2 rings (SSSR count). The van der Waals surface area contributed by atoms with Crippen LogP contribution in [0.2, 0.25) is 0 Å². The minimum absolute atomic E-state index is 0.0553. The fraction of sp³-hybridized carbons (Fsp3) is 0.385. The van der Waals surface area contributed by atoms with E-state index < -0.39 is 11.9 Å². The van der Waals surface area contributed by atoms with Crippen molar-refractivity contribution in [2.24, 2.45) is 0 Å². The topological polar surface area (TPSA) is 77.8 Å². The van der Waals surface area contributed by atoms with Crippen molar-refractivity contribution in [2.45, 2.75) is 19.9 Å². The van der Waals surface area contributed by atoms with Crippen LogP contribution in [0.1, 0.15) is 38.3 Å². The van der Waals surface area contributed by atoms with Crippen molar-refractivity contribution in [2.75, 3.05) is 13.1 Å². The maximum atomic E-state index is 11.3. The number of carboxylic acids is 2. The van der Waals surface area contributed by atoms with Gasteiger partial charge in [0.1, 0.15) is 0 Å². The third-order valence-corrected chi connectivity index (χ3v) is 3.34. The Balaban J connectivity index is 2.42. The standard InChI is InChI=1S/C13H15NO4/c1-8-10(12(15)16)4-3-9(11(8)13(17)18)7-14-5-2-6-14/h3-4H,2,5-7H2,1H3,(H,15,16)(H,17,18). The van der Waals surface area contributed by atoms with Gasteiger partial charge in [0.05, 0.1) is 11.1 Å². The molecule has 0 aromatic heterocycles. The molecule has 0 amide bonds. The lowest BCUT2D eigenvalue weighted by Gasteiger charge is -2.31. The Morgan fingerprint density at radius 2 is 1.89 bits per heavy atom.